The number of benzene rings is 1. The molecule has 110 valence electrons. The van der Waals surface area contributed by atoms with Crippen LogP contribution in [0, 0.1) is 0 Å². The quantitative estimate of drug-likeness (QED) is 0.381. The summed E-state index contributed by atoms with van der Waals surface area (Å²) in [6, 6.07) is 3.32. The van der Waals surface area contributed by atoms with Crippen molar-refractivity contribution in [3.05, 3.63) is 29.3 Å². The highest BCUT2D eigenvalue weighted by atomic mass is 32.2. The lowest BCUT2D eigenvalue weighted by molar-refractivity contribution is -0.137. The zero-order chi connectivity index (χ0) is 14.8. The predicted octanol–water partition coefficient (Wildman–Crippen LogP) is 2.35. The van der Waals surface area contributed by atoms with Crippen LogP contribution < -0.4 is 10.6 Å². The second-order valence-electron chi connectivity index (χ2n) is 4.31. The van der Waals surface area contributed by atoms with E-state index in [1.54, 1.807) is 11.8 Å². The molecule has 0 atom stereocenters. The van der Waals surface area contributed by atoms with Crippen molar-refractivity contribution >= 4 is 23.3 Å². The van der Waals surface area contributed by atoms with Gasteiger partial charge in [0.15, 0.2) is 5.84 Å². The molecule has 3 N–H and O–H groups in total. The van der Waals surface area contributed by atoms with Crippen LogP contribution in [-0.4, -0.2) is 35.6 Å². The smallest absolute Gasteiger partial charge is 0.409 e. The van der Waals surface area contributed by atoms with Gasteiger partial charge in [0, 0.05) is 35.8 Å². The Morgan fingerprint density at radius 3 is 2.50 bits per heavy atom. The van der Waals surface area contributed by atoms with Gasteiger partial charge < -0.3 is 15.8 Å². The molecule has 0 spiro atoms. The van der Waals surface area contributed by atoms with Crippen molar-refractivity contribution in [3.8, 4) is 0 Å². The predicted molar refractivity (Wildman–Crippen MR) is 73.5 cm³/mol. The van der Waals surface area contributed by atoms with E-state index < -0.39 is 11.7 Å². The van der Waals surface area contributed by atoms with Gasteiger partial charge in [0.05, 0.1) is 5.56 Å². The Balaban J connectivity index is 2.45. The third kappa shape index (κ3) is 3.12. The summed E-state index contributed by atoms with van der Waals surface area (Å²) in [4.78, 5) is 1.95. The largest absolute Gasteiger partial charge is 0.416 e. The molecule has 0 saturated carbocycles. The molecule has 0 radical (unpaired) electrons. The van der Waals surface area contributed by atoms with Crippen LogP contribution in [-0.2, 0) is 6.18 Å². The van der Waals surface area contributed by atoms with E-state index in [1.165, 1.54) is 6.07 Å². The fourth-order valence-corrected chi connectivity index (χ4v) is 2.95. The summed E-state index contributed by atoms with van der Waals surface area (Å²) >= 11 is 1.79. The van der Waals surface area contributed by atoms with Crippen molar-refractivity contribution in [2.45, 2.75) is 6.18 Å². The summed E-state index contributed by atoms with van der Waals surface area (Å²) in [5, 5.41) is 11.6. The minimum atomic E-state index is -4.46. The van der Waals surface area contributed by atoms with Gasteiger partial charge in [-0.25, -0.2) is 0 Å². The Kier molecular flexibility index (Phi) is 4.32. The number of oxime groups is 1. The zero-order valence-electron chi connectivity index (χ0n) is 10.5. The van der Waals surface area contributed by atoms with Gasteiger partial charge in [0.1, 0.15) is 0 Å². The number of thioether (sulfide) groups is 1. The Labute approximate surface area is 118 Å². The molecule has 8 heteroatoms. The van der Waals surface area contributed by atoms with E-state index >= 15 is 0 Å². The fourth-order valence-electron chi connectivity index (χ4n) is 2.05. The Bertz CT molecular complexity index is 513. The maximum absolute atomic E-state index is 12.7. The second-order valence-corrected chi connectivity index (χ2v) is 5.54. The van der Waals surface area contributed by atoms with Crippen LogP contribution in [0.5, 0.6) is 0 Å². The van der Waals surface area contributed by atoms with Crippen molar-refractivity contribution in [1.29, 1.82) is 0 Å². The number of rotatable bonds is 2. The average molecular weight is 305 g/mol. The molecule has 1 saturated heterocycles. The highest BCUT2D eigenvalue weighted by Gasteiger charge is 2.32. The van der Waals surface area contributed by atoms with Gasteiger partial charge in [0.2, 0.25) is 0 Å². The van der Waals surface area contributed by atoms with Crippen LogP contribution in [0.1, 0.15) is 11.1 Å². The molecule has 1 heterocycles. The first-order chi connectivity index (χ1) is 9.43. The molecule has 1 aromatic carbocycles. The first-order valence-corrected chi connectivity index (χ1v) is 7.11. The van der Waals surface area contributed by atoms with E-state index in [1.807, 2.05) is 4.90 Å². The van der Waals surface area contributed by atoms with Gasteiger partial charge in [-0.05, 0) is 18.2 Å². The maximum atomic E-state index is 12.7. The molecule has 1 fully saturated rings. The molecule has 0 amide bonds. The number of amidine groups is 1. The van der Waals surface area contributed by atoms with Crippen LogP contribution in [0.25, 0.3) is 0 Å². The summed E-state index contributed by atoms with van der Waals surface area (Å²) in [5.74, 6) is 1.48. The highest BCUT2D eigenvalue weighted by molar-refractivity contribution is 7.99. The molecular weight excluding hydrogens is 291 g/mol. The van der Waals surface area contributed by atoms with Gasteiger partial charge >= 0.3 is 6.18 Å². The number of alkyl halides is 3. The number of anilines is 1. The number of halogens is 3. The summed E-state index contributed by atoms with van der Waals surface area (Å²) in [5.41, 5.74) is 5.37. The minimum absolute atomic E-state index is 0.106. The SMILES string of the molecule is N/C(=N\O)c1cc(C(F)(F)F)ccc1N1CCSCC1. The van der Waals surface area contributed by atoms with Crippen LogP contribution in [0.3, 0.4) is 0 Å². The fraction of sp³-hybridized carbons (Fsp3) is 0.417. The van der Waals surface area contributed by atoms with Gasteiger partial charge in [-0.2, -0.15) is 24.9 Å². The molecule has 0 aromatic heterocycles. The lowest BCUT2D eigenvalue weighted by atomic mass is 10.1. The molecule has 4 nitrogen and oxygen atoms in total. The standard InChI is InChI=1S/C12H14F3N3OS/c13-12(14,15)8-1-2-10(9(7-8)11(16)17-19)18-3-5-20-6-4-18/h1-2,7,19H,3-6H2,(H2,16,17). The van der Waals surface area contributed by atoms with E-state index in [9.17, 15) is 13.2 Å². The Morgan fingerprint density at radius 1 is 1.30 bits per heavy atom. The minimum Gasteiger partial charge on any atom is -0.409 e. The van der Waals surface area contributed by atoms with Crippen molar-refractivity contribution in [1.82, 2.24) is 0 Å². The first kappa shape index (κ1) is 14.8. The first-order valence-electron chi connectivity index (χ1n) is 5.95. The van der Waals surface area contributed by atoms with Gasteiger partial charge in [-0.15, -0.1) is 0 Å². The third-order valence-corrected chi connectivity index (χ3v) is 4.00. The summed E-state index contributed by atoms with van der Waals surface area (Å²) in [6.45, 7) is 1.45. The zero-order valence-corrected chi connectivity index (χ0v) is 11.3. The summed E-state index contributed by atoms with van der Waals surface area (Å²) < 4.78 is 38.2. The molecule has 1 aliphatic rings. The number of hydrogen-bond donors (Lipinski definition) is 2. The van der Waals surface area contributed by atoms with Crippen molar-refractivity contribution in [2.24, 2.45) is 10.9 Å². The topological polar surface area (TPSA) is 61.9 Å². The number of nitrogens with two attached hydrogens (primary N) is 1. The normalized spacial score (nSPS) is 17.4. The summed E-state index contributed by atoms with van der Waals surface area (Å²) in [7, 11) is 0. The van der Waals surface area contributed by atoms with Gasteiger partial charge in [0.25, 0.3) is 0 Å². The third-order valence-electron chi connectivity index (χ3n) is 3.06. The lowest BCUT2D eigenvalue weighted by Gasteiger charge is -2.30. The lowest BCUT2D eigenvalue weighted by Crippen LogP contribution is -2.34. The van der Waals surface area contributed by atoms with Crippen molar-refractivity contribution < 1.29 is 18.4 Å². The molecule has 0 unspecified atom stereocenters. The van der Waals surface area contributed by atoms with Crippen LogP contribution in [0.2, 0.25) is 0 Å². The van der Waals surface area contributed by atoms with Crippen molar-refractivity contribution in [2.75, 3.05) is 29.5 Å². The molecule has 0 bridgehead atoms. The van der Waals surface area contributed by atoms with Gasteiger partial charge in [-0.1, -0.05) is 5.16 Å². The number of hydrogen-bond acceptors (Lipinski definition) is 4. The Morgan fingerprint density at radius 2 is 1.95 bits per heavy atom. The highest BCUT2D eigenvalue weighted by Crippen LogP contribution is 2.33. The van der Waals surface area contributed by atoms with Crippen LogP contribution in [0.15, 0.2) is 23.4 Å². The maximum Gasteiger partial charge on any atom is 0.416 e. The van der Waals surface area contributed by atoms with E-state index in [2.05, 4.69) is 5.16 Å². The van der Waals surface area contributed by atoms with Gasteiger partial charge in [-0.3, -0.25) is 0 Å². The van der Waals surface area contributed by atoms with E-state index in [4.69, 9.17) is 10.9 Å². The Hall–Kier alpha value is -1.57. The van der Waals surface area contributed by atoms with E-state index in [0.29, 0.717) is 5.69 Å². The van der Waals surface area contributed by atoms with E-state index in [-0.39, 0.29) is 11.4 Å². The molecular formula is C12H14F3N3OS. The molecule has 1 aromatic rings. The second kappa shape index (κ2) is 5.82. The monoisotopic (exact) mass is 305 g/mol. The molecule has 1 aliphatic heterocycles. The molecule has 2 rings (SSSR count). The number of nitrogens with zero attached hydrogens (tertiary/aromatic N) is 2. The molecule has 20 heavy (non-hydrogen) atoms. The summed E-state index contributed by atoms with van der Waals surface area (Å²) in [6.07, 6.45) is -4.46. The molecule has 0 aliphatic carbocycles. The van der Waals surface area contributed by atoms with Crippen LogP contribution >= 0.6 is 11.8 Å². The van der Waals surface area contributed by atoms with E-state index in [0.717, 1.165) is 36.7 Å². The average Bonchev–Trinajstić information content (AvgIpc) is 2.45. The van der Waals surface area contributed by atoms with Crippen molar-refractivity contribution in [3.63, 3.8) is 0 Å². The van der Waals surface area contributed by atoms with Crippen LogP contribution in [0.4, 0.5) is 18.9 Å².